The van der Waals surface area contributed by atoms with Gasteiger partial charge >= 0.3 is 0 Å². The zero-order chi connectivity index (χ0) is 31.7. The van der Waals surface area contributed by atoms with Gasteiger partial charge in [-0.15, -0.1) is 0 Å². The van der Waals surface area contributed by atoms with E-state index in [9.17, 15) is 30.0 Å². The van der Waals surface area contributed by atoms with E-state index in [0.29, 0.717) is 13.0 Å². The van der Waals surface area contributed by atoms with Crippen LogP contribution in [0.3, 0.4) is 0 Å². The Bertz CT molecular complexity index is 696. The first-order valence-corrected chi connectivity index (χ1v) is 17.3. The summed E-state index contributed by atoms with van der Waals surface area (Å²) in [7, 11) is 0. The Labute approximate surface area is 260 Å². The summed E-state index contributed by atoms with van der Waals surface area (Å²) in [5.41, 5.74) is 0. The average Bonchev–Trinajstić information content (AvgIpc) is 3.00. The highest BCUT2D eigenvalue weighted by Gasteiger charge is 2.44. The highest BCUT2D eigenvalue weighted by atomic mass is 16.7. The van der Waals surface area contributed by atoms with Crippen molar-refractivity contribution < 1.29 is 39.5 Å². The normalized spacial score (nSPS) is 22.8. The number of rotatable bonds is 27. The van der Waals surface area contributed by atoms with Crippen molar-refractivity contribution in [3.8, 4) is 0 Å². The zero-order valence-corrected chi connectivity index (χ0v) is 27.1. The van der Waals surface area contributed by atoms with Crippen LogP contribution in [-0.4, -0.2) is 88.7 Å². The van der Waals surface area contributed by atoms with Gasteiger partial charge in [0.05, 0.1) is 13.2 Å². The van der Waals surface area contributed by atoms with Crippen molar-refractivity contribution in [1.29, 1.82) is 0 Å². The fourth-order valence-corrected chi connectivity index (χ4v) is 5.39. The number of unbranched alkanes of at least 4 members (excludes halogenated alkanes) is 17. The SMILES string of the molecule is CCCCCCCCCCCCCC(=O)N[C@@H](CO[C@H]1O[C@H](CO)[C@H](O)[C@H](O)[C@H]1O)C(=O)NCCCCCCCCCC. The van der Waals surface area contributed by atoms with E-state index in [4.69, 9.17) is 9.47 Å². The number of hydrogen-bond acceptors (Lipinski definition) is 8. The zero-order valence-electron chi connectivity index (χ0n) is 27.1. The molecule has 43 heavy (non-hydrogen) atoms. The first kappa shape index (κ1) is 39.7. The molecule has 0 aromatic rings. The van der Waals surface area contributed by atoms with E-state index in [0.717, 1.165) is 38.5 Å². The number of nitrogens with one attached hydrogen (secondary N) is 2. The third kappa shape index (κ3) is 18.3. The van der Waals surface area contributed by atoms with Crippen LogP contribution in [-0.2, 0) is 19.1 Å². The Morgan fingerprint density at radius 2 is 1.19 bits per heavy atom. The van der Waals surface area contributed by atoms with Crippen LogP contribution in [0.1, 0.15) is 142 Å². The van der Waals surface area contributed by atoms with Crippen molar-refractivity contribution in [3.05, 3.63) is 0 Å². The monoisotopic (exact) mass is 616 g/mol. The molecule has 2 amide bonds. The lowest BCUT2D eigenvalue weighted by Gasteiger charge is -2.39. The average molecular weight is 617 g/mol. The maximum Gasteiger partial charge on any atom is 0.244 e. The molecule has 10 heteroatoms. The van der Waals surface area contributed by atoms with Crippen molar-refractivity contribution in [2.45, 2.75) is 179 Å². The van der Waals surface area contributed by atoms with E-state index in [2.05, 4.69) is 24.5 Å². The molecule has 1 rings (SSSR count). The van der Waals surface area contributed by atoms with E-state index in [1.807, 2.05) is 0 Å². The third-order valence-corrected chi connectivity index (χ3v) is 8.26. The van der Waals surface area contributed by atoms with E-state index in [1.54, 1.807) is 0 Å². The minimum absolute atomic E-state index is 0.249. The molecule has 0 saturated carbocycles. The van der Waals surface area contributed by atoms with Crippen LogP contribution in [0.15, 0.2) is 0 Å². The molecule has 1 heterocycles. The second kappa shape index (κ2) is 26.0. The van der Waals surface area contributed by atoms with Gasteiger partial charge in [-0.2, -0.15) is 0 Å². The smallest absolute Gasteiger partial charge is 0.244 e. The van der Waals surface area contributed by atoms with Crippen LogP contribution >= 0.6 is 0 Å². The molecular formula is C33H64N2O8. The predicted octanol–water partition coefficient (Wildman–Crippen LogP) is 4.25. The fraction of sp³-hybridized carbons (Fsp3) is 0.939. The molecule has 10 nitrogen and oxygen atoms in total. The molecule has 0 unspecified atom stereocenters. The van der Waals surface area contributed by atoms with Crippen LogP contribution in [0.25, 0.3) is 0 Å². The first-order valence-electron chi connectivity index (χ1n) is 17.3. The molecule has 0 aromatic heterocycles. The summed E-state index contributed by atoms with van der Waals surface area (Å²) < 4.78 is 11.0. The Morgan fingerprint density at radius 3 is 1.70 bits per heavy atom. The largest absolute Gasteiger partial charge is 0.394 e. The molecule has 1 saturated heterocycles. The van der Waals surface area contributed by atoms with Gasteiger partial charge in [-0.05, 0) is 12.8 Å². The maximum absolute atomic E-state index is 13.0. The quantitative estimate of drug-likeness (QED) is 0.0748. The number of amides is 2. The van der Waals surface area contributed by atoms with Crippen molar-refractivity contribution in [2.75, 3.05) is 19.8 Å². The Morgan fingerprint density at radius 1 is 0.698 bits per heavy atom. The summed E-state index contributed by atoms with van der Waals surface area (Å²) in [6.07, 6.45) is 15.3. The summed E-state index contributed by atoms with van der Waals surface area (Å²) in [4.78, 5) is 25.7. The molecule has 0 bridgehead atoms. The van der Waals surface area contributed by atoms with Crippen molar-refractivity contribution in [1.82, 2.24) is 10.6 Å². The molecular weight excluding hydrogens is 552 g/mol. The highest BCUT2D eigenvalue weighted by Crippen LogP contribution is 2.22. The van der Waals surface area contributed by atoms with Crippen LogP contribution in [0.5, 0.6) is 0 Å². The lowest BCUT2D eigenvalue weighted by Crippen LogP contribution is -2.60. The van der Waals surface area contributed by atoms with Crippen LogP contribution < -0.4 is 10.6 Å². The van der Waals surface area contributed by atoms with Crippen molar-refractivity contribution >= 4 is 11.8 Å². The molecule has 1 aliphatic rings. The van der Waals surface area contributed by atoms with Crippen molar-refractivity contribution in [2.24, 2.45) is 0 Å². The van der Waals surface area contributed by atoms with Gasteiger partial charge in [-0.25, -0.2) is 0 Å². The van der Waals surface area contributed by atoms with E-state index < -0.39 is 43.4 Å². The number of ether oxygens (including phenoxy) is 2. The van der Waals surface area contributed by atoms with Crippen molar-refractivity contribution in [3.63, 3.8) is 0 Å². The van der Waals surface area contributed by atoms with Gasteiger partial charge in [0.25, 0.3) is 0 Å². The highest BCUT2D eigenvalue weighted by molar-refractivity contribution is 5.87. The number of hydrogen-bond donors (Lipinski definition) is 6. The molecule has 0 aliphatic carbocycles. The van der Waals surface area contributed by atoms with Crippen LogP contribution in [0.4, 0.5) is 0 Å². The molecule has 1 fully saturated rings. The second-order valence-electron chi connectivity index (χ2n) is 12.2. The molecule has 0 radical (unpaired) electrons. The molecule has 0 spiro atoms. The Balaban J connectivity index is 2.47. The molecule has 0 aromatic carbocycles. The second-order valence-corrected chi connectivity index (χ2v) is 12.2. The topological polar surface area (TPSA) is 158 Å². The molecule has 6 N–H and O–H groups in total. The predicted molar refractivity (Wildman–Crippen MR) is 168 cm³/mol. The van der Waals surface area contributed by atoms with Gasteiger partial charge in [0.15, 0.2) is 6.29 Å². The third-order valence-electron chi connectivity index (χ3n) is 8.26. The summed E-state index contributed by atoms with van der Waals surface area (Å²) in [5.74, 6) is -0.639. The fourth-order valence-electron chi connectivity index (χ4n) is 5.39. The van der Waals surface area contributed by atoms with Crippen LogP contribution in [0.2, 0.25) is 0 Å². The van der Waals surface area contributed by atoms with Gasteiger partial charge in [-0.3, -0.25) is 9.59 Å². The van der Waals surface area contributed by atoms with Gasteiger partial charge in [0.1, 0.15) is 30.5 Å². The van der Waals surface area contributed by atoms with Gasteiger partial charge in [0, 0.05) is 13.0 Å². The molecule has 254 valence electrons. The Kier molecular flexibility index (Phi) is 24.0. The number of carbonyl (C=O) groups excluding carboxylic acids is 2. The lowest BCUT2D eigenvalue weighted by atomic mass is 9.99. The first-order chi connectivity index (χ1) is 20.8. The molecule has 6 atom stereocenters. The van der Waals surface area contributed by atoms with Gasteiger partial charge in [0.2, 0.25) is 11.8 Å². The minimum atomic E-state index is -1.58. The lowest BCUT2D eigenvalue weighted by molar-refractivity contribution is -0.301. The summed E-state index contributed by atoms with van der Waals surface area (Å²) in [5, 5.41) is 45.4. The summed E-state index contributed by atoms with van der Waals surface area (Å²) in [6, 6.07) is -1.01. The van der Waals surface area contributed by atoms with Gasteiger partial charge in [-0.1, -0.05) is 123 Å². The number of aliphatic hydroxyl groups is 4. The molecule has 1 aliphatic heterocycles. The standard InChI is InChI=1S/C33H64N2O8/c1-3-5-7-9-11-13-14-15-16-18-20-22-28(37)35-26(32(41)34-23-21-19-17-12-10-8-6-4-2)25-42-33-31(40)30(39)29(38)27(24-36)43-33/h26-27,29-31,33,36,38-40H,3-25H2,1-2H3,(H,34,41)(H,35,37)/t26-,27+,29-,30-,31+,33-/m0/s1. The minimum Gasteiger partial charge on any atom is -0.394 e. The maximum atomic E-state index is 13.0. The van der Waals surface area contributed by atoms with Gasteiger partial charge < -0.3 is 40.5 Å². The van der Waals surface area contributed by atoms with Crippen LogP contribution in [0, 0.1) is 0 Å². The Hall–Kier alpha value is -1.30. The van der Waals surface area contributed by atoms with E-state index >= 15 is 0 Å². The number of aliphatic hydroxyl groups excluding tert-OH is 4. The number of carbonyl (C=O) groups is 2. The summed E-state index contributed by atoms with van der Waals surface area (Å²) >= 11 is 0. The summed E-state index contributed by atoms with van der Waals surface area (Å²) in [6.45, 7) is 4.04. The van der Waals surface area contributed by atoms with E-state index in [-0.39, 0.29) is 18.4 Å². The van der Waals surface area contributed by atoms with E-state index in [1.165, 1.54) is 83.5 Å².